The molecule has 0 spiro atoms. The molecule has 36 heavy (non-hydrogen) atoms. The first kappa shape index (κ1) is 28.1. The average Bonchev–Trinajstić information content (AvgIpc) is 2.71. The molecule has 0 unspecified atom stereocenters. The Hall–Kier alpha value is -4.15. The lowest BCUT2D eigenvalue weighted by atomic mass is 10.2. The van der Waals surface area contributed by atoms with E-state index in [1.807, 2.05) is 0 Å². The summed E-state index contributed by atoms with van der Waals surface area (Å²) < 4.78 is 21.1. The predicted molar refractivity (Wildman–Crippen MR) is 138 cm³/mol. The van der Waals surface area contributed by atoms with E-state index < -0.39 is 29.4 Å². The number of amides is 4. The minimum Gasteiger partial charge on any atom is -0.495 e. The fourth-order valence-corrected chi connectivity index (χ4v) is 2.89. The van der Waals surface area contributed by atoms with Crippen LogP contribution in [-0.2, 0) is 9.47 Å². The van der Waals surface area contributed by atoms with E-state index in [1.54, 1.807) is 65.8 Å². The van der Waals surface area contributed by atoms with Crippen LogP contribution in [0.2, 0.25) is 0 Å². The number of carbonyl (C=O) groups is 3. The van der Waals surface area contributed by atoms with Crippen LogP contribution >= 0.6 is 0 Å². The van der Waals surface area contributed by atoms with E-state index in [0.717, 1.165) is 0 Å². The van der Waals surface area contributed by atoms with Crippen molar-refractivity contribution in [3.63, 3.8) is 0 Å². The van der Waals surface area contributed by atoms with E-state index in [-0.39, 0.29) is 0 Å². The maximum atomic E-state index is 12.6. The molecule has 0 aliphatic heterocycles. The second-order valence-corrected chi connectivity index (χ2v) is 9.66. The molecule has 0 atom stereocenters. The molecule has 0 heterocycles. The molecule has 0 radical (unpaired) electrons. The molecule has 11 nitrogen and oxygen atoms in total. The Morgan fingerprint density at radius 3 is 1.28 bits per heavy atom. The van der Waals surface area contributed by atoms with Gasteiger partial charge in [-0.3, -0.25) is 10.6 Å². The van der Waals surface area contributed by atoms with E-state index in [1.165, 1.54) is 26.4 Å². The summed E-state index contributed by atoms with van der Waals surface area (Å²) in [5.74, 6) is 0.777. The van der Waals surface area contributed by atoms with Crippen molar-refractivity contribution in [3.8, 4) is 11.5 Å². The van der Waals surface area contributed by atoms with E-state index in [2.05, 4.69) is 21.3 Å². The van der Waals surface area contributed by atoms with Crippen LogP contribution in [0, 0.1) is 0 Å². The van der Waals surface area contributed by atoms with Crippen molar-refractivity contribution >= 4 is 41.0 Å². The van der Waals surface area contributed by atoms with Gasteiger partial charge in [0.1, 0.15) is 22.7 Å². The smallest absolute Gasteiger partial charge is 0.412 e. The molecular formula is C25H34N4O7. The number of hydrogen-bond donors (Lipinski definition) is 4. The van der Waals surface area contributed by atoms with Crippen LogP contribution in [0.3, 0.4) is 0 Å². The minimum absolute atomic E-state index is 0.317. The summed E-state index contributed by atoms with van der Waals surface area (Å²) in [5.41, 5.74) is 0.0567. The highest BCUT2D eigenvalue weighted by Crippen LogP contribution is 2.30. The Labute approximate surface area is 210 Å². The first-order chi connectivity index (χ1) is 16.7. The lowest BCUT2D eigenvalue weighted by Crippen LogP contribution is -2.27. The average molecular weight is 503 g/mol. The molecule has 0 aliphatic rings. The molecule has 0 bridgehead atoms. The van der Waals surface area contributed by atoms with Crippen molar-refractivity contribution in [2.75, 3.05) is 35.5 Å². The van der Waals surface area contributed by atoms with Gasteiger partial charge < -0.3 is 29.6 Å². The van der Waals surface area contributed by atoms with Gasteiger partial charge in [0.2, 0.25) is 0 Å². The van der Waals surface area contributed by atoms with Crippen molar-refractivity contribution in [2.45, 2.75) is 52.7 Å². The quantitative estimate of drug-likeness (QED) is 0.378. The normalized spacial score (nSPS) is 11.1. The molecule has 0 saturated carbocycles. The van der Waals surface area contributed by atoms with Crippen LogP contribution in [0.25, 0.3) is 0 Å². The van der Waals surface area contributed by atoms with Gasteiger partial charge in [-0.1, -0.05) is 0 Å². The highest BCUT2D eigenvalue weighted by atomic mass is 16.6. The highest BCUT2D eigenvalue weighted by molar-refractivity contribution is 6.01. The zero-order valence-corrected chi connectivity index (χ0v) is 21.8. The van der Waals surface area contributed by atoms with Gasteiger partial charge in [0.15, 0.2) is 0 Å². The summed E-state index contributed by atoms with van der Waals surface area (Å²) in [4.78, 5) is 37.0. The molecule has 4 N–H and O–H groups in total. The van der Waals surface area contributed by atoms with E-state index in [0.29, 0.717) is 34.2 Å². The zero-order valence-electron chi connectivity index (χ0n) is 21.8. The Morgan fingerprint density at radius 1 is 0.611 bits per heavy atom. The van der Waals surface area contributed by atoms with Gasteiger partial charge in [0.25, 0.3) is 0 Å². The van der Waals surface area contributed by atoms with Gasteiger partial charge in [0.05, 0.1) is 25.6 Å². The number of urea groups is 1. The van der Waals surface area contributed by atoms with Crippen LogP contribution in [0.15, 0.2) is 36.4 Å². The van der Waals surface area contributed by atoms with Crippen LogP contribution in [-0.4, -0.2) is 43.6 Å². The van der Waals surface area contributed by atoms with Gasteiger partial charge in [-0.15, -0.1) is 0 Å². The number of ether oxygens (including phenoxy) is 4. The summed E-state index contributed by atoms with van der Waals surface area (Å²) in [6.07, 6.45) is -1.32. The molecule has 0 fully saturated rings. The Kier molecular flexibility index (Phi) is 8.99. The third kappa shape index (κ3) is 9.24. The third-order valence-electron chi connectivity index (χ3n) is 4.19. The van der Waals surface area contributed by atoms with Gasteiger partial charge in [0, 0.05) is 11.4 Å². The molecule has 0 aliphatic carbocycles. The van der Waals surface area contributed by atoms with Crippen molar-refractivity contribution in [1.82, 2.24) is 0 Å². The summed E-state index contributed by atoms with van der Waals surface area (Å²) in [7, 11) is 2.92. The number of benzene rings is 2. The van der Waals surface area contributed by atoms with Gasteiger partial charge in [-0.25, -0.2) is 14.4 Å². The number of rotatable bonds is 6. The van der Waals surface area contributed by atoms with Gasteiger partial charge in [-0.05, 0) is 77.9 Å². The van der Waals surface area contributed by atoms with Crippen LogP contribution < -0.4 is 30.7 Å². The predicted octanol–water partition coefficient (Wildman–Crippen LogP) is 6.04. The van der Waals surface area contributed by atoms with Crippen molar-refractivity contribution < 1.29 is 33.3 Å². The summed E-state index contributed by atoms with van der Waals surface area (Å²) in [5, 5.41) is 10.6. The Balaban J connectivity index is 2.13. The van der Waals surface area contributed by atoms with Crippen molar-refractivity contribution in [1.29, 1.82) is 0 Å². The first-order valence-electron chi connectivity index (χ1n) is 11.1. The highest BCUT2D eigenvalue weighted by Gasteiger charge is 2.19. The molecule has 2 rings (SSSR count). The SMILES string of the molecule is COc1ccc(NC(=O)Nc2ccc(OC)c(NC(=O)OC(C)(C)C)c2)cc1NC(=O)OC(C)(C)C. The molecule has 4 amide bonds. The van der Waals surface area contributed by atoms with Gasteiger partial charge in [-0.2, -0.15) is 0 Å². The molecule has 2 aromatic rings. The van der Waals surface area contributed by atoms with E-state index in [9.17, 15) is 14.4 Å². The Bertz CT molecular complexity index is 1020. The topological polar surface area (TPSA) is 136 Å². The van der Waals surface area contributed by atoms with Crippen molar-refractivity contribution in [2.24, 2.45) is 0 Å². The monoisotopic (exact) mass is 502 g/mol. The second-order valence-electron chi connectivity index (χ2n) is 9.66. The van der Waals surface area contributed by atoms with E-state index >= 15 is 0 Å². The fourth-order valence-electron chi connectivity index (χ4n) is 2.89. The van der Waals surface area contributed by atoms with Gasteiger partial charge >= 0.3 is 18.2 Å². The number of hydrogen-bond acceptors (Lipinski definition) is 7. The standard InChI is InChI=1S/C25H34N4O7/c1-24(2,3)35-22(31)28-17-13-15(9-11-19(17)33-7)26-21(30)27-16-10-12-20(34-8)18(14-16)29-23(32)36-25(4,5)6/h9-14H,1-8H3,(H,28,31)(H,29,32)(H2,26,27,30). The maximum Gasteiger partial charge on any atom is 0.412 e. The number of carbonyl (C=O) groups excluding carboxylic acids is 3. The van der Waals surface area contributed by atoms with Crippen LogP contribution in [0.1, 0.15) is 41.5 Å². The first-order valence-corrected chi connectivity index (χ1v) is 11.1. The molecule has 2 aromatic carbocycles. The molecular weight excluding hydrogens is 468 g/mol. The van der Waals surface area contributed by atoms with Crippen molar-refractivity contribution in [3.05, 3.63) is 36.4 Å². The maximum absolute atomic E-state index is 12.6. The summed E-state index contributed by atoms with van der Waals surface area (Å²) >= 11 is 0. The number of methoxy groups -OCH3 is 2. The minimum atomic E-state index is -0.678. The number of anilines is 4. The summed E-state index contributed by atoms with van der Waals surface area (Å²) in [6.45, 7) is 10.5. The lowest BCUT2D eigenvalue weighted by Gasteiger charge is -2.20. The second kappa shape index (κ2) is 11.5. The summed E-state index contributed by atoms with van der Waals surface area (Å²) in [6, 6.07) is 8.93. The van der Waals surface area contributed by atoms with E-state index in [4.69, 9.17) is 18.9 Å². The largest absolute Gasteiger partial charge is 0.495 e. The Morgan fingerprint density at radius 2 is 0.972 bits per heavy atom. The molecule has 0 saturated heterocycles. The lowest BCUT2D eigenvalue weighted by molar-refractivity contribution is 0.0624. The van der Waals surface area contributed by atoms with Crippen LogP contribution in [0.5, 0.6) is 11.5 Å². The third-order valence-corrected chi connectivity index (χ3v) is 4.19. The molecule has 11 heteroatoms. The number of nitrogens with one attached hydrogen (secondary N) is 4. The molecule has 196 valence electrons. The fraction of sp³-hybridized carbons (Fsp3) is 0.400. The molecule has 0 aromatic heterocycles. The zero-order chi connectivity index (χ0) is 27.1. The van der Waals surface area contributed by atoms with Crippen LogP contribution in [0.4, 0.5) is 37.1 Å².